The van der Waals surface area contributed by atoms with Gasteiger partial charge >= 0.3 is 0 Å². The lowest BCUT2D eigenvalue weighted by Gasteiger charge is -2.18. The van der Waals surface area contributed by atoms with E-state index >= 15 is 0 Å². The third kappa shape index (κ3) is 2.61. The molecule has 0 aliphatic heterocycles. The van der Waals surface area contributed by atoms with Gasteiger partial charge in [-0.15, -0.1) is 0 Å². The van der Waals surface area contributed by atoms with Gasteiger partial charge in [0.05, 0.1) is 7.11 Å². The highest BCUT2D eigenvalue weighted by atomic mass is 16.5. The summed E-state index contributed by atoms with van der Waals surface area (Å²) in [4.78, 5) is 0. The first kappa shape index (κ1) is 17.0. The van der Waals surface area contributed by atoms with E-state index < -0.39 is 0 Å². The molecule has 136 valence electrons. The van der Waals surface area contributed by atoms with Crippen molar-refractivity contribution < 1.29 is 19.7 Å². The molecule has 0 aliphatic rings. The Morgan fingerprint density at radius 2 is 1.33 bits per heavy atom. The van der Waals surface area contributed by atoms with Crippen molar-refractivity contribution in [2.24, 2.45) is 0 Å². The number of aromatic hydroxyl groups is 2. The number of phenols is 2. The van der Waals surface area contributed by atoms with Gasteiger partial charge in [-0.1, -0.05) is 48.5 Å². The summed E-state index contributed by atoms with van der Waals surface area (Å²) in [7, 11) is 1.62. The van der Waals surface area contributed by atoms with E-state index in [2.05, 4.69) is 0 Å². The van der Waals surface area contributed by atoms with Crippen LogP contribution in [0.1, 0.15) is 11.1 Å². The van der Waals surface area contributed by atoms with Crippen LogP contribution in [0.3, 0.4) is 0 Å². The zero-order valence-electron chi connectivity index (χ0n) is 15.4. The number of hydrogen-bond donors (Lipinski definition) is 2. The van der Waals surface area contributed by atoms with E-state index in [9.17, 15) is 10.2 Å². The van der Waals surface area contributed by atoms with E-state index in [-0.39, 0.29) is 11.5 Å². The summed E-state index contributed by atoms with van der Waals surface area (Å²) in [5.41, 5.74) is 1.22. The van der Waals surface area contributed by atoms with Crippen LogP contribution in [0.25, 0.3) is 21.5 Å². The summed E-state index contributed by atoms with van der Waals surface area (Å²) >= 11 is 0. The number of hydrogen-bond acceptors (Lipinski definition) is 4. The zero-order valence-corrected chi connectivity index (χ0v) is 15.4. The van der Waals surface area contributed by atoms with Crippen LogP contribution in [0.4, 0.5) is 0 Å². The molecule has 0 fully saturated rings. The van der Waals surface area contributed by atoms with E-state index in [1.54, 1.807) is 20.1 Å². The van der Waals surface area contributed by atoms with Crippen molar-refractivity contribution >= 4 is 21.5 Å². The first-order valence-corrected chi connectivity index (χ1v) is 8.70. The van der Waals surface area contributed by atoms with Gasteiger partial charge in [0.2, 0.25) is 0 Å². The minimum absolute atomic E-state index is 0.0580. The molecule has 0 radical (unpaired) electrons. The number of fused-ring (bicyclic) bond motifs is 2. The van der Waals surface area contributed by atoms with Gasteiger partial charge < -0.3 is 19.7 Å². The second-order valence-electron chi connectivity index (χ2n) is 6.55. The summed E-state index contributed by atoms with van der Waals surface area (Å²) in [6.45, 7) is 3.59. The van der Waals surface area contributed by atoms with Gasteiger partial charge in [0.1, 0.15) is 17.2 Å². The van der Waals surface area contributed by atoms with Crippen LogP contribution >= 0.6 is 0 Å². The molecule has 4 aromatic carbocycles. The van der Waals surface area contributed by atoms with Crippen LogP contribution in [0, 0.1) is 13.8 Å². The molecular weight excluding hydrogens is 340 g/mol. The Hall–Kier alpha value is -3.40. The minimum Gasteiger partial charge on any atom is -0.507 e. The number of benzene rings is 4. The molecule has 2 N–H and O–H groups in total. The third-order valence-corrected chi connectivity index (χ3v) is 4.98. The molecule has 4 aromatic rings. The highest BCUT2D eigenvalue weighted by Gasteiger charge is 2.20. The molecule has 0 heterocycles. The molecule has 27 heavy (non-hydrogen) atoms. The van der Waals surface area contributed by atoms with E-state index in [0.29, 0.717) is 33.6 Å². The quantitative estimate of drug-likeness (QED) is 0.483. The molecule has 0 saturated heterocycles. The lowest BCUT2D eigenvalue weighted by atomic mass is 10.0. The van der Waals surface area contributed by atoms with Gasteiger partial charge in [0.25, 0.3) is 0 Å². The predicted molar refractivity (Wildman–Crippen MR) is 107 cm³/mol. The maximum absolute atomic E-state index is 10.7. The molecule has 0 atom stereocenters. The van der Waals surface area contributed by atoms with Gasteiger partial charge in [-0.05, 0) is 25.3 Å². The number of rotatable bonds is 3. The molecule has 0 bridgehead atoms. The Kier molecular flexibility index (Phi) is 4.04. The number of ether oxygens (including phenoxy) is 2. The van der Waals surface area contributed by atoms with Crippen molar-refractivity contribution in [3.8, 4) is 28.7 Å². The van der Waals surface area contributed by atoms with Gasteiger partial charge in [-0.25, -0.2) is 0 Å². The summed E-state index contributed by atoms with van der Waals surface area (Å²) in [5, 5.41) is 24.3. The Morgan fingerprint density at radius 1 is 0.704 bits per heavy atom. The van der Waals surface area contributed by atoms with Crippen LogP contribution in [-0.4, -0.2) is 17.3 Å². The normalized spacial score (nSPS) is 11.1. The van der Waals surface area contributed by atoms with Crippen molar-refractivity contribution in [1.82, 2.24) is 0 Å². The Morgan fingerprint density at radius 3 is 2.04 bits per heavy atom. The Balaban J connectivity index is 2.03. The molecule has 4 nitrogen and oxygen atoms in total. The van der Waals surface area contributed by atoms with E-state index in [0.717, 1.165) is 16.3 Å². The van der Waals surface area contributed by atoms with Crippen molar-refractivity contribution in [2.75, 3.05) is 7.11 Å². The van der Waals surface area contributed by atoms with Gasteiger partial charge in [0, 0.05) is 27.3 Å². The lowest BCUT2D eigenvalue weighted by Crippen LogP contribution is -1.96. The average molecular weight is 360 g/mol. The average Bonchev–Trinajstić information content (AvgIpc) is 2.70. The fourth-order valence-corrected chi connectivity index (χ4v) is 3.44. The largest absolute Gasteiger partial charge is 0.507 e. The number of methoxy groups -OCH3 is 1. The Labute approximate surface area is 157 Å². The van der Waals surface area contributed by atoms with Crippen molar-refractivity contribution in [1.29, 1.82) is 0 Å². The van der Waals surface area contributed by atoms with Crippen molar-refractivity contribution in [2.45, 2.75) is 13.8 Å². The van der Waals surface area contributed by atoms with Crippen molar-refractivity contribution in [3.63, 3.8) is 0 Å². The first-order valence-electron chi connectivity index (χ1n) is 8.70. The third-order valence-electron chi connectivity index (χ3n) is 4.98. The standard InChI is InChI=1S/C23H20O4/c1-13-19(26-3)12-15-8-4-5-9-16(15)22(13)27-23-18-11-7-6-10-17(18)20(24)14(2)21(23)25/h4-12,24-25H,1-3H3. The molecule has 0 saturated carbocycles. The molecular formula is C23H20O4. The minimum atomic E-state index is -0.0718. The van der Waals surface area contributed by atoms with E-state index in [1.807, 2.05) is 55.5 Å². The topological polar surface area (TPSA) is 58.9 Å². The van der Waals surface area contributed by atoms with Crippen LogP contribution in [0.15, 0.2) is 54.6 Å². The van der Waals surface area contributed by atoms with Crippen LogP contribution < -0.4 is 9.47 Å². The highest BCUT2D eigenvalue weighted by Crippen LogP contribution is 2.48. The smallest absolute Gasteiger partial charge is 0.177 e. The Bertz CT molecular complexity index is 1180. The lowest BCUT2D eigenvalue weighted by molar-refractivity contribution is 0.394. The molecule has 4 heteroatoms. The predicted octanol–water partition coefficient (Wildman–Crippen LogP) is 5.82. The summed E-state index contributed by atoms with van der Waals surface area (Å²) < 4.78 is 11.8. The van der Waals surface area contributed by atoms with Gasteiger partial charge in [0.15, 0.2) is 11.5 Å². The fourth-order valence-electron chi connectivity index (χ4n) is 3.44. The molecule has 4 rings (SSSR count). The molecule has 0 aliphatic carbocycles. The summed E-state index contributed by atoms with van der Waals surface area (Å²) in [5.74, 6) is 1.64. The highest BCUT2D eigenvalue weighted by molar-refractivity contribution is 5.98. The van der Waals surface area contributed by atoms with Crippen LogP contribution in [-0.2, 0) is 0 Å². The maximum atomic E-state index is 10.7. The molecule has 0 amide bonds. The molecule has 0 spiro atoms. The zero-order chi connectivity index (χ0) is 19.1. The van der Waals surface area contributed by atoms with Crippen molar-refractivity contribution in [3.05, 3.63) is 65.7 Å². The monoisotopic (exact) mass is 360 g/mol. The molecule has 0 unspecified atom stereocenters. The summed E-state index contributed by atoms with van der Waals surface area (Å²) in [6.07, 6.45) is 0. The SMILES string of the molecule is COc1cc2ccccc2c(Oc2c(O)c(C)c(O)c3ccccc23)c1C. The second-order valence-corrected chi connectivity index (χ2v) is 6.55. The first-order chi connectivity index (χ1) is 13.0. The van der Waals surface area contributed by atoms with Gasteiger partial charge in [-0.3, -0.25) is 0 Å². The second kappa shape index (κ2) is 6.40. The fraction of sp³-hybridized carbons (Fsp3) is 0.130. The van der Waals surface area contributed by atoms with Crippen LogP contribution in [0.2, 0.25) is 0 Å². The van der Waals surface area contributed by atoms with Crippen LogP contribution in [0.5, 0.6) is 28.7 Å². The maximum Gasteiger partial charge on any atom is 0.177 e. The number of phenolic OH excluding ortho intramolecular Hbond substituents is 2. The van der Waals surface area contributed by atoms with Gasteiger partial charge in [-0.2, -0.15) is 0 Å². The summed E-state index contributed by atoms with van der Waals surface area (Å²) in [6, 6.07) is 17.2. The van der Waals surface area contributed by atoms with E-state index in [4.69, 9.17) is 9.47 Å². The molecule has 0 aromatic heterocycles. The van der Waals surface area contributed by atoms with E-state index in [1.165, 1.54) is 0 Å².